The zero-order valence-electron chi connectivity index (χ0n) is 19.3. The maximum atomic E-state index is 12.9. The number of halogens is 2. The average molecular weight is 478 g/mol. The van der Waals surface area contributed by atoms with Gasteiger partial charge in [0.25, 0.3) is 6.43 Å². The molecule has 1 aromatic carbocycles. The van der Waals surface area contributed by atoms with E-state index in [4.69, 9.17) is 14.2 Å². The Hall–Kier alpha value is -3.14. The van der Waals surface area contributed by atoms with Crippen LogP contribution in [0.4, 0.5) is 8.78 Å². The van der Waals surface area contributed by atoms with Crippen LogP contribution in [-0.4, -0.2) is 54.6 Å². The second-order valence-electron chi connectivity index (χ2n) is 9.08. The monoisotopic (exact) mass is 478 g/mol. The van der Waals surface area contributed by atoms with Gasteiger partial charge in [-0.05, 0) is 44.4 Å². The molecule has 0 bridgehead atoms. The van der Waals surface area contributed by atoms with Crippen LogP contribution >= 0.6 is 0 Å². The number of carboxylic acid groups (broad SMARTS) is 1. The van der Waals surface area contributed by atoms with Crippen molar-refractivity contribution >= 4 is 5.97 Å². The molecule has 34 heavy (non-hydrogen) atoms. The summed E-state index contributed by atoms with van der Waals surface area (Å²) in [6, 6.07) is 4.56. The summed E-state index contributed by atoms with van der Waals surface area (Å²) in [6.07, 6.45) is 0.905. The molecule has 1 N–H and O–H groups in total. The minimum absolute atomic E-state index is 0.118. The van der Waals surface area contributed by atoms with E-state index in [0.717, 1.165) is 18.4 Å². The van der Waals surface area contributed by atoms with Crippen LogP contribution in [0.5, 0.6) is 11.5 Å². The predicted molar refractivity (Wildman–Crippen MR) is 121 cm³/mol. The van der Waals surface area contributed by atoms with Crippen LogP contribution in [0.1, 0.15) is 55.1 Å². The molecule has 0 spiro atoms. The van der Waals surface area contributed by atoms with E-state index in [1.54, 1.807) is 23.9 Å². The standard InChI is InChI=1S/C24H28F2N2O6/c1-24(2)6-5-17-14-9-20(33-8-4-7-32-3)21(34-13-22(25)26)10-15(14)18-11-19(29)16(23(30)31)12-27(18)28(17)24/h9-12,17,22H,4-8,13H2,1-3H3,(H,30,31). The Labute approximate surface area is 195 Å². The number of carboxylic acids is 1. The summed E-state index contributed by atoms with van der Waals surface area (Å²) < 4.78 is 43.9. The van der Waals surface area contributed by atoms with Crippen molar-refractivity contribution in [2.45, 2.75) is 51.1 Å². The van der Waals surface area contributed by atoms with E-state index in [9.17, 15) is 23.5 Å². The molecule has 1 aromatic heterocycles. The Morgan fingerprint density at radius 3 is 2.62 bits per heavy atom. The van der Waals surface area contributed by atoms with Crippen LogP contribution in [-0.2, 0) is 4.74 Å². The van der Waals surface area contributed by atoms with E-state index >= 15 is 0 Å². The SMILES string of the molecule is COCCCOc1cc2c(cc1OCC(F)F)-c1cc(=O)c(C(=O)O)cn1N1C2CCC1(C)C. The van der Waals surface area contributed by atoms with Gasteiger partial charge < -0.3 is 19.3 Å². The second kappa shape index (κ2) is 9.25. The molecule has 1 unspecified atom stereocenters. The molecule has 0 radical (unpaired) electrons. The third-order valence-electron chi connectivity index (χ3n) is 6.31. The van der Waals surface area contributed by atoms with Crippen LogP contribution in [0, 0.1) is 0 Å². The summed E-state index contributed by atoms with van der Waals surface area (Å²) in [5.41, 5.74) is 0.701. The molecule has 0 amide bonds. The first-order chi connectivity index (χ1) is 16.1. The van der Waals surface area contributed by atoms with E-state index in [1.165, 1.54) is 12.3 Å². The molecule has 184 valence electrons. The maximum Gasteiger partial charge on any atom is 0.341 e. The number of carbonyl (C=O) groups is 1. The molecular formula is C24H28F2N2O6. The van der Waals surface area contributed by atoms with Gasteiger partial charge in [0, 0.05) is 38.0 Å². The van der Waals surface area contributed by atoms with Crippen molar-refractivity contribution in [3.8, 4) is 22.8 Å². The van der Waals surface area contributed by atoms with E-state index < -0.39 is 24.4 Å². The summed E-state index contributed by atoms with van der Waals surface area (Å²) in [6.45, 7) is 4.12. The smallest absolute Gasteiger partial charge is 0.341 e. The van der Waals surface area contributed by atoms with Gasteiger partial charge in [-0.25, -0.2) is 13.6 Å². The number of hydrogen-bond acceptors (Lipinski definition) is 6. The molecule has 2 aromatic rings. The number of benzene rings is 1. The Morgan fingerprint density at radius 2 is 1.94 bits per heavy atom. The Morgan fingerprint density at radius 1 is 1.21 bits per heavy atom. The lowest BCUT2D eigenvalue weighted by Crippen LogP contribution is -2.50. The van der Waals surface area contributed by atoms with Crippen molar-refractivity contribution in [2.75, 3.05) is 31.9 Å². The average Bonchev–Trinajstić information content (AvgIpc) is 3.10. The second-order valence-corrected chi connectivity index (χ2v) is 9.08. The Kier molecular flexibility index (Phi) is 6.53. The highest BCUT2D eigenvalue weighted by Crippen LogP contribution is 2.50. The third-order valence-corrected chi connectivity index (χ3v) is 6.31. The quantitative estimate of drug-likeness (QED) is 0.548. The number of hydrogen-bond donors (Lipinski definition) is 1. The maximum absolute atomic E-state index is 12.9. The lowest BCUT2D eigenvalue weighted by molar-refractivity contribution is 0.0694. The van der Waals surface area contributed by atoms with E-state index in [2.05, 4.69) is 18.9 Å². The van der Waals surface area contributed by atoms with Crippen LogP contribution in [0.25, 0.3) is 11.3 Å². The summed E-state index contributed by atoms with van der Waals surface area (Å²) in [5.74, 6) is -0.818. The van der Waals surface area contributed by atoms with Crippen molar-refractivity contribution < 1.29 is 32.9 Å². The summed E-state index contributed by atoms with van der Waals surface area (Å²) in [4.78, 5) is 24.2. The van der Waals surface area contributed by atoms with Gasteiger partial charge in [0.15, 0.2) is 16.9 Å². The van der Waals surface area contributed by atoms with Crippen LogP contribution in [0.2, 0.25) is 0 Å². The first-order valence-corrected chi connectivity index (χ1v) is 11.1. The van der Waals surface area contributed by atoms with E-state index in [0.29, 0.717) is 36.6 Å². The van der Waals surface area contributed by atoms with Gasteiger partial charge in [-0.2, -0.15) is 0 Å². The molecule has 1 atom stereocenters. The largest absolute Gasteiger partial charge is 0.490 e. The van der Waals surface area contributed by atoms with Gasteiger partial charge in [0.05, 0.1) is 23.9 Å². The van der Waals surface area contributed by atoms with Gasteiger partial charge in [-0.15, -0.1) is 0 Å². The van der Waals surface area contributed by atoms with Gasteiger partial charge in [0.1, 0.15) is 12.2 Å². The normalized spacial score (nSPS) is 17.8. The number of pyridine rings is 1. The minimum Gasteiger partial charge on any atom is -0.490 e. The minimum atomic E-state index is -2.67. The Balaban J connectivity index is 1.88. The van der Waals surface area contributed by atoms with Crippen molar-refractivity contribution in [3.05, 3.63) is 45.7 Å². The fourth-order valence-electron chi connectivity index (χ4n) is 4.78. The molecule has 1 saturated heterocycles. The number of ether oxygens (including phenoxy) is 3. The predicted octanol–water partition coefficient (Wildman–Crippen LogP) is 3.84. The van der Waals surface area contributed by atoms with Gasteiger partial charge in [-0.3, -0.25) is 14.5 Å². The molecule has 4 rings (SSSR count). The number of aromatic nitrogens is 1. The van der Waals surface area contributed by atoms with Crippen LogP contribution < -0.4 is 19.9 Å². The summed E-state index contributed by atoms with van der Waals surface area (Å²) >= 11 is 0. The highest BCUT2D eigenvalue weighted by atomic mass is 19.3. The van der Waals surface area contributed by atoms with Crippen molar-refractivity contribution in [1.82, 2.24) is 4.68 Å². The molecule has 10 heteroatoms. The molecule has 0 aliphatic carbocycles. The zero-order chi connectivity index (χ0) is 24.6. The number of fused-ring (bicyclic) bond motifs is 6. The van der Waals surface area contributed by atoms with Gasteiger partial charge in [0.2, 0.25) is 0 Å². The van der Waals surface area contributed by atoms with Crippen molar-refractivity contribution in [1.29, 1.82) is 0 Å². The third kappa shape index (κ3) is 4.34. The number of alkyl halides is 2. The zero-order valence-corrected chi connectivity index (χ0v) is 19.3. The van der Waals surface area contributed by atoms with Crippen molar-refractivity contribution in [3.63, 3.8) is 0 Å². The molecule has 2 aliphatic rings. The number of methoxy groups -OCH3 is 1. The first kappa shape index (κ1) is 24.0. The molecule has 1 fully saturated rings. The fourth-order valence-corrected chi connectivity index (χ4v) is 4.78. The Bertz CT molecular complexity index is 1150. The molecular weight excluding hydrogens is 450 g/mol. The topological polar surface area (TPSA) is 90.2 Å². The van der Waals surface area contributed by atoms with Crippen LogP contribution in [0.15, 0.2) is 29.2 Å². The van der Waals surface area contributed by atoms with E-state index in [-0.39, 0.29) is 22.9 Å². The molecule has 3 heterocycles. The molecule has 0 saturated carbocycles. The number of rotatable bonds is 9. The highest BCUT2D eigenvalue weighted by Gasteiger charge is 2.45. The highest BCUT2D eigenvalue weighted by molar-refractivity contribution is 5.88. The lowest BCUT2D eigenvalue weighted by atomic mass is 9.93. The van der Waals surface area contributed by atoms with E-state index in [1.807, 2.05) is 0 Å². The fraction of sp³-hybridized carbons (Fsp3) is 0.500. The van der Waals surface area contributed by atoms with Gasteiger partial charge in [-0.1, -0.05) is 0 Å². The lowest BCUT2D eigenvalue weighted by Gasteiger charge is -2.44. The van der Waals surface area contributed by atoms with Crippen LogP contribution in [0.3, 0.4) is 0 Å². The summed E-state index contributed by atoms with van der Waals surface area (Å²) in [5, 5.41) is 11.6. The molecule has 8 nitrogen and oxygen atoms in total. The van der Waals surface area contributed by atoms with Crippen molar-refractivity contribution in [2.24, 2.45) is 0 Å². The molecule has 2 aliphatic heterocycles. The number of nitrogens with zero attached hydrogens (tertiary/aromatic N) is 2. The summed E-state index contributed by atoms with van der Waals surface area (Å²) in [7, 11) is 1.58. The van der Waals surface area contributed by atoms with Gasteiger partial charge >= 0.3 is 5.97 Å². The number of aromatic carboxylic acids is 1. The first-order valence-electron chi connectivity index (χ1n) is 11.1.